The predicted octanol–water partition coefficient (Wildman–Crippen LogP) is 3.12. The first kappa shape index (κ1) is 12.5. The number of pyridine rings is 1. The Labute approximate surface area is 113 Å². The molecule has 2 aromatic rings. The van der Waals surface area contributed by atoms with Gasteiger partial charge in [-0.25, -0.2) is 4.98 Å². The van der Waals surface area contributed by atoms with Crippen molar-refractivity contribution in [1.82, 2.24) is 9.88 Å². The fourth-order valence-electron chi connectivity index (χ4n) is 1.66. The molecule has 0 aliphatic carbocycles. The summed E-state index contributed by atoms with van der Waals surface area (Å²) in [7, 11) is 2.10. The van der Waals surface area contributed by atoms with Gasteiger partial charge >= 0.3 is 0 Å². The van der Waals surface area contributed by atoms with E-state index in [1.54, 1.807) is 17.5 Å². The van der Waals surface area contributed by atoms with Gasteiger partial charge < -0.3 is 5.73 Å². The van der Waals surface area contributed by atoms with Crippen molar-refractivity contribution in [2.45, 2.75) is 13.1 Å². The van der Waals surface area contributed by atoms with Gasteiger partial charge in [-0.05, 0) is 46.7 Å². The summed E-state index contributed by atoms with van der Waals surface area (Å²) >= 11 is 5.23. The highest BCUT2D eigenvalue weighted by molar-refractivity contribution is 9.10. The van der Waals surface area contributed by atoms with Crippen molar-refractivity contribution in [2.75, 3.05) is 12.8 Å². The first-order valence-corrected chi connectivity index (χ1v) is 6.92. The lowest BCUT2D eigenvalue weighted by Gasteiger charge is -2.15. The van der Waals surface area contributed by atoms with Crippen LogP contribution in [-0.4, -0.2) is 16.9 Å². The molecule has 5 heteroatoms. The molecule has 90 valence electrons. The molecule has 2 aromatic heterocycles. The molecular weight excluding hydrogens is 298 g/mol. The van der Waals surface area contributed by atoms with Crippen molar-refractivity contribution in [3.8, 4) is 0 Å². The third kappa shape index (κ3) is 3.80. The zero-order chi connectivity index (χ0) is 12.3. The fourth-order valence-corrected chi connectivity index (χ4v) is 3.19. The molecule has 17 heavy (non-hydrogen) atoms. The number of hydrogen-bond acceptors (Lipinski definition) is 4. The minimum Gasteiger partial charge on any atom is -0.384 e. The minimum atomic E-state index is 0.578. The lowest BCUT2D eigenvalue weighted by molar-refractivity contribution is 0.322. The maximum atomic E-state index is 5.66. The predicted molar refractivity (Wildman–Crippen MR) is 75.8 cm³/mol. The zero-order valence-electron chi connectivity index (χ0n) is 9.56. The smallest absolute Gasteiger partial charge is 0.123 e. The molecule has 0 spiro atoms. The summed E-state index contributed by atoms with van der Waals surface area (Å²) in [5.41, 5.74) is 6.85. The van der Waals surface area contributed by atoms with E-state index >= 15 is 0 Å². The number of thiophene rings is 1. The number of anilines is 1. The Balaban J connectivity index is 1.95. The van der Waals surface area contributed by atoms with Gasteiger partial charge in [-0.1, -0.05) is 0 Å². The van der Waals surface area contributed by atoms with Gasteiger partial charge in [0.05, 0.1) is 0 Å². The molecule has 0 saturated carbocycles. The van der Waals surface area contributed by atoms with E-state index in [1.807, 2.05) is 12.1 Å². The average Bonchev–Trinajstić information content (AvgIpc) is 2.63. The van der Waals surface area contributed by atoms with Crippen LogP contribution in [0.4, 0.5) is 5.82 Å². The Bertz CT molecular complexity index is 498. The van der Waals surface area contributed by atoms with Crippen LogP contribution in [0, 0.1) is 0 Å². The number of halogens is 1. The highest BCUT2D eigenvalue weighted by Gasteiger charge is 2.04. The van der Waals surface area contributed by atoms with Gasteiger partial charge in [0, 0.05) is 34.0 Å². The molecule has 0 aromatic carbocycles. The maximum absolute atomic E-state index is 5.66. The maximum Gasteiger partial charge on any atom is 0.123 e. The molecule has 0 saturated heterocycles. The van der Waals surface area contributed by atoms with E-state index in [9.17, 15) is 0 Å². The lowest BCUT2D eigenvalue weighted by Crippen LogP contribution is -2.16. The van der Waals surface area contributed by atoms with E-state index in [0.29, 0.717) is 5.82 Å². The second-order valence-corrected chi connectivity index (χ2v) is 5.90. The van der Waals surface area contributed by atoms with Crippen molar-refractivity contribution < 1.29 is 0 Å². The molecule has 0 aliphatic rings. The standard InChI is InChI=1S/C12H14BrN3S/c1-16(7-11-5-10(13)8-17-11)6-9-2-3-15-12(14)4-9/h2-5,8H,6-7H2,1H3,(H2,14,15). The van der Waals surface area contributed by atoms with Crippen molar-refractivity contribution in [1.29, 1.82) is 0 Å². The van der Waals surface area contributed by atoms with E-state index in [-0.39, 0.29) is 0 Å². The summed E-state index contributed by atoms with van der Waals surface area (Å²) in [4.78, 5) is 7.60. The Morgan fingerprint density at radius 1 is 1.41 bits per heavy atom. The number of nitrogen functional groups attached to an aromatic ring is 1. The molecule has 3 nitrogen and oxygen atoms in total. The number of aromatic nitrogens is 1. The van der Waals surface area contributed by atoms with Crippen LogP contribution in [0.15, 0.2) is 34.2 Å². The van der Waals surface area contributed by atoms with E-state index in [0.717, 1.165) is 17.6 Å². The number of nitrogens with two attached hydrogens (primary N) is 1. The molecule has 0 unspecified atom stereocenters. The van der Waals surface area contributed by atoms with Gasteiger partial charge in [0.1, 0.15) is 5.82 Å². The van der Waals surface area contributed by atoms with Crippen molar-refractivity contribution in [3.05, 3.63) is 44.7 Å². The van der Waals surface area contributed by atoms with Crippen LogP contribution in [-0.2, 0) is 13.1 Å². The Hall–Kier alpha value is -0.910. The molecule has 0 bridgehead atoms. The Kier molecular flexibility index (Phi) is 4.15. The SMILES string of the molecule is CN(Cc1ccnc(N)c1)Cc1cc(Br)cs1. The molecule has 2 N–H and O–H groups in total. The van der Waals surface area contributed by atoms with Crippen molar-refractivity contribution in [2.24, 2.45) is 0 Å². The molecule has 2 rings (SSSR count). The minimum absolute atomic E-state index is 0.578. The number of hydrogen-bond donors (Lipinski definition) is 1. The Morgan fingerprint density at radius 2 is 2.24 bits per heavy atom. The van der Waals surface area contributed by atoms with Gasteiger partial charge in [-0.2, -0.15) is 0 Å². The molecular formula is C12H14BrN3S. The molecule has 0 amide bonds. The van der Waals surface area contributed by atoms with Crippen LogP contribution in [0.3, 0.4) is 0 Å². The summed E-state index contributed by atoms with van der Waals surface area (Å²) in [5, 5.41) is 2.10. The third-order valence-corrected chi connectivity index (χ3v) is 4.03. The van der Waals surface area contributed by atoms with Gasteiger partial charge in [0.2, 0.25) is 0 Å². The molecule has 0 radical (unpaired) electrons. The summed E-state index contributed by atoms with van der Waals surface area (Å²) in [6, 6.07) is 6.07. The highest BCUT2D eigenvalue weighted by Crippen LogP contribution is 2.21. The summed E-state index contributed by atoms with van der Waals surface area (Å²) in [6.07, 6.45) is 1.75. The average molecular weight is 312 g/mol. The number of rotatable bonds is 4. The van der Waals surface area contributed by atoms with Crippen LogP contribution in [0.5, 0.6) is 0 Å². The van der Waals surface area contributed by atoms with Crippen LogP contribution in [0.1, 0.15) is 10.4 Å². The highest BCUT2D eigenvalue weighted by atomic mass is 79.9. The second-order valence-electron chi connectivity index (χ2n) is 3.99. The van der Waals surface area contributed by atoms with Crippen molar-refractivity contribution >= 4 is 33.1 Å². The summed E-state index contributed by atoms with van der Waals surface area (Å²) in [5.74, 6) is 0.578. The topological polar surface area (TPSA) is 42.2 Å². The van der Waals surface area contributed by atoms with E-state index < -0.39 is 0 Å². The first-order valence-electron chi connectivity index (χ1n) is 5.25. The Morgan fingerprint density at radius 3 is 2.88 bits per heavy atom. The van der Waals surface area contributed by atoms with Gasteiger partial charge in [-0.15, -0.1) is 11.3 Å². The van der Waals surface area contributed by atoms with Gasteiger partial charge in [-0.3, -0.25) is 4.90 Å². The van der Waals surface area contributed by atoms with E-state index in [4.69, 9.17) is 5.73 Å². The monoisotopic (exact) mass is 311 g/mol. The van der Waals surface area contributed by atoms with Gasteiger partial charge in [0.15, 0.2) is 0 Å². The quantitative estimate of drug-likeness (QED) is 0.943. The normalized spacial score (nSPS) is 11.0. The lowest BCUT2D eigenvalue weighted by atomic mass is 10.2. The fraction of sp³-hybridized carbons (Fsp3) is 0.250. The van der Waals surface area contributed by atoms with Crippen LogP contribution in [0.25, 0.3) is 0 Å². The summed E-state index contributed by atoms with van der Waals surface area (Å²) < 4.78 is 1.15. The van der Waals surface area contributed by atoms with Crippen molar-refractivity contribution in [3.63, 3.8) is 0 Å². The molecule has 0 atom stereocenters. The first-order chi connectivity index (χ1) is 8.13. The second kappa shape index (κ2) is 5.62. The third-order valence-electron chi connectivity index (χ3n) is 2.35. The molecule has 0 aliphatic heterocycles. The van der Waals surface area contributed by atoms with E-state index in [1.165, 1.54) is 10.4 Å². The van der Waals surface area contributed by atoms with Crippen LogP contribution < -0.4 is 5.73 Å². The van der Waals surface area contributed by atoms with Crippen LogP contribution >= 0.6 is 27.3 Å². The zero-order valence-corrected chi connectivity index (χ0v) is 12.0. The molecule has 0 fully saturated rings. The largest absolute Gasteiger partial charge is 0.384 e. The molecule has 2 heterocycles. The van der Waals surface area contributed by atoms with Crippen LogP contribution in [0.2, 0.25) is 0 Å². The summed E-state index contributed by atoms with van der Waals surface area (Å²) in [6.45, 7) is 1.82. The number of nitrogens with zero attached hydrogens (tertiary/aromatic N) is 2. The van der Waals surface area contributed by atoms with E-state index in [2.05, 4.69) is 44.3 Å². The van der Waals surface area contributed by atoms with Gasteiger partial charge in [0.25, 0.3) is 0 Å².